The largest absolute Gasteiger partial charge is 0.394 e. The maximum Gasteiger partial charge on any atom is 0.187 e. The van der Waals surface area contributed by atoms with Crippen LogP contribution in [0.25, 0.3) is 0 Å². The van der Waals surface area contributed by atoms with Gasteiger partial charge >= 0.3 is 0 Å². The first-order valence-corrected chi connectivity index (χ1v) is 26.8. The van der Waals surface area contributed by atoms with E-state index in [1.165, 1.54) is 0 Å². The van der Waals surface area contributed by atoms with Crippen LogP contribution in [0.1, 0.15) is 85.5 Å². The maximum atomic E-state index is 12.3. The summed E-state index contributed by atoms with van der Waals surface area (Å²) in [5.74, 6) is 1.94. The number of hydrogen-bond acceptors (Lipinski definition) is 23. The van der Waals surface area contributed by atoms with Crippen LogP contribution in [0.3, 0.4) is 0 Å². The van der Waals surface area contributed by atoms with Crippen molar-refractivity contribution in [3.63, 3.8) is 0 Å². The normalized spacial score (nSPS) is 58.2. The number of rotatable bonds is 11. The Kier molecular flexibility index (Phi) is 16.1. The third-order valence-electron chi connectivity index (χ3n) is 20.0. The minimum Gasteiger partial charge on any atom is -0.394 e. The average Bonchev–Trinajstić information content (AvgIpc) is 3.82. The molecule has 4 aliphatic carbocycles. The zero-order chi connectivity index (χ0) is 52.2. The fourth-order valence-corrected chi connectivity index (χ4v) is 15.9. The summed E-state index contributed by atoms with van der Waals surface area (Å²) in [7, 11) is 0. The fourth-order valence-electron chi connectivity index (χ4n) is 15.9. The van der Waals surface area contributed by atoms with E-state index in [-0.39, 0.29) is 28.8 Å². The summed E-state index contributed by atoms with van der Waals surface area (Å²) in [6, 6.07) is 0. The second-order valence-electron chi connectivity index (χ2n) is 24.0. The lowest BCUT2D eigenvalue weighted by atomic mass is 9.44. The second-order valence-corrected chi connectivity index (χ2v) is 24.0. The Labute approximate surface area is 424 Å². The molecule has 13 N–H and O–H groups in total. The molecule has 0 radical (unpaired) electrons. The van der Waals surface area contributed by atoms with Gasteiger partial charge in [0.25, 0.3) is 0 Å². The summed E-state index contributed by atoms with van der Waals surface area (Å²) < 4.78 is 62.8. The number of fused-ring (bicyclic) bond motifs is 7. The lowest BCUT2D eigenvalue weighted by Gasteiger charge is -2.62. The molecular weight excluding hydrogens is 969 g/mol. The molecule has 23 nitrogen and oxygen atoms in total. The van der Waals surface area contributed by atoms with Gasteiger partial charge in [0.15, 0.2) is 30.9 Å². The lowest BCUT2D eigenvalue weighted by molar-refractivity contribution is -0.410. The van der Waals surface area contributed by atoms with E-state index in [9.17, 15) is 66.4 Å². The van der Waals surface area contributed by atoms with Crippen LogP contribution in [0.2, 0.25) is 0 Å². The van der Waals surface area contributed by atoms with Crippen molar-refractivity contribution in [2.75, 3.05) is 33.0 Å². The third kappa shape index (κ3) is 9.49. The highest BCUT2D eigenvalue weighted by Gasteiger charge is 2.70. The van der Waals surface area contributed by atoms with Crippen molar-refractivity contribution in [1.82, 2.24) is 0 Å². The number of aliphatic hydroxyl groups excluding tert-OH is 13. The topological polar surface area (TPSA) is 355 Å². The molecule has 6 saturated heterocycles. The van der Waals surface area contributed by atoms with Gasteiger partial charge in [0, 0.05) is 12.3 Å². The molecule has 1 spiro atoms. The monoisotopic (exact) mass is 1050 g/mol. The van der Waals surface area contributed by atoms with Crippen molar-refractivity contribution in [3.05, 3.63) is 0 Å². The first-order chi connectivity index (χ1) is 34.7. The number of hydrogen-bond donors (Lipinski definition) is 13. The van der Waals surface area contributed by atoms with E-state index >= 15 is 0 Å². The van der Waals surface area contributed by atoms with Crippen LogP contribution in [0.5, 0.6) is 0 Å². The van der Waals surface area contributed by atoms with Crippen LogP contribution in [-0.4, -0.2) is 240 Å². The summed E-state index contributed by atoms with van der Waals surface area (Å²) in [4.78, 5) is 0. The molecule has 420 valence electrons. The van der Waals surface area contributed by atoms with E-state index in [0.717, 1.165) is 44.9 Å². The van der Waals surface area contributed by atoms with E-state index in [0.29, 0.717) is 49.0 Å². The van der Waals surface area contributed by atoms with Gasteiger partial charge in [-0.3, -0.25) is 0 Å². The molecule has 23 heteroatoms. The van der Waals surface area contributed by atoms with Gasteiger partial charge in [0.05, 0.1) is 51.3 Å². The molecular formula is C50H82O23. The van der Waals surface area contributed by atoms with Crippen LogP contribution < -0.4 is 0 Å². The van der Waals surface area contributed by atoms with Gasteiger partial charge in [-0.1, -0.05) is 27.7 Å². The fraction of sp³-hybridized carbons (Fsp3) is 1.00. The summed E-state index contributed by atoms with van der Waals surface area (Å²) in [5.41, 5.74) is -0.193. The standard InChI is InChI=1S/C50H82O23/c1-19-7-10-50(65-17-19)20(2)32-28(73-50)12-24-22-6-5-21-11-27(25(54)13-49(21,4)23(22)8-9-48(24,32)3)66-47-43(72-46-40(63)37(60)35(58)30(15-52)68-46)42(71-44-38(61)33(56)26(55)18-64-44)41(31(16-53)69-47)70-45-39(62)36(59)34(57)29(14-51)67-45/h19-47,51-63H,5-18H2,1-4H3/t19-,20-,21-,22+,23-,24-,25+,26+,27+,28-,29+,30+,31+,32-,33-,34-,35+,36-,37-,38+,39+,40+,41+,42-,43+,44-,45-,46-,47+,48-,49-,50+/m0/s1. The molecule has 0 aromatic heterocycles. The zero-order valence-corrected chi connectivity index (χ0v) is 42.0. The molecule has 6 aliphatic heterocycles. The molecule has 10 aliphatic rings. The van der Waals surface area contributed by atoms with Gasteiger partial charge in [-0.05, 0) is 97.7 Å². The molecule has 0 aromatic rings. The smallest absolute Gasteiger partial charge is 0.187 e. The minimum absolute atomic E-state index is 0.0820. The Morgan fingerprint density at radius 3 is 1.74 bits per heavy atom. The predicted octanol–water partition coefficient (Wildman–Crippen LogP) is -3.30. The van der Waals surface area contributed by atoms with E-state index in [1.807, 2.05) is 0 Å². The molecule has 10 fully saturated rings. The van der Waals surface area contributed by atoms with Crippen molar-refractivity contribution in [1.29, 1.82) is 0 Å². The second kappa shape index (κ2) is 21.3. The number of aliphatic hydroxyl groups is 13. The molecule has 6 heterocycles. The van der Waals surface area contributed by atoms with Crippen LogP contribution in [0, 0.1) is 52.3 Å². The van der Waals surface area contributed by atoms with Crippen LogP contribution in [-0.2, 0) is 47.4 Å². The van der Waals surface area contributed by atoms with Crippen molar-refractivity contribution >= 4 is 0 Å². The first-order valence-electron chi connectivity index (χ1n) is 26.8. The van der Waals surface area contributed by atoms with Crippen molar-refractivity contribution < 1.29 is 114 Å². The highest BCUT2D eigenvalue weighted by molar-refractivity contribution is 5.16. The molecule has 32 atom stereocenters. The summed E-state index contributed by atoms with van der Waals surface area (Å²) in [5, 5.41) is 141. The molecule has 10 rings (SSSR count). The Bertz CT molecular complexity index is 1860. The van der Waals surface area contributed by atoms with Crippen molar-refractivity contribution in [2.45, 2.75) is 226 Å². The van der Waals surface area contributed by atoms with Crippen LogP contribution in [0.4, 0.5) is 0 Å². The van der Waals surface area contributed by atoms with E-state index < -0.39 is 161 Å². The molecule has 0 aromatic carbocycles. The first kappa shape index (κ1) is 55.4. The predicted molar refractivity (Wildman–Crippen MR) is 244 cm³/mol. The average molecular weight is 1050 g/mol. The van der Waals surface area contributed by atoms with Crippen LogP contribution >= 0.6 is 0 Å². The summed E-state index contributed by atoms with van der Waals surface area (Å²) >= 11 is 0. The Morgan fingerprint density at radius 1 is 0.521 bits per heavy atom. The van der Waals surface area contributed by atoms with Crippen LogP contribution in [0.15, 0.2) is 0 Å². The number of ether oxygens (including phenoxy) is 10. The van der Waals surface area contributed by atoms with Gasteiger partial charge in [-0.15, -0.1) is 0 Å². The Morgan fingerprint density at radius 2 is 1.12 bits per heavy atom. The third-order valence-corrected chi connectivity index (χ3v) is 20.0. The van der Waals surface area contributed by atoms with Gasteiger partial charge < -0.3 is 114 Å². The van der Waals surface area contributed by atoms with Gasteiger partial charge in [0.2, 0.25) is 0 Å². The van der Waals surface area contributed by atoms with Crippen molar-refractivity contribution in [3.8, 4) is 0 Å². The van der Waals surface area contributed by atoms with E-state index in [4.69, 9.17) is 47.4 Å². The molecule has 0 bridgehead atoms. The van der Waals surface area contributed by atoms with Gasteiger partial charge in [-0.2, -0.15) is 0 Å². The Balaban J connectivity index is 0.927. The highest BCUT2D eigenvalue weighted by atomic mass is 16.8. The molecule has 4 saturated carbocycles. The zero-order valence-electron chi connectivity index (χ0n) is 42.0. The van der Waals surface area contributed by atoms with Crippen molar-refractivity contribution in [2.24, 2.45) is 52.3 Å². The maximum absolute atomic E-state index is 12.3. The summed E-state index contributed by atoms with van der Waals surface area (Å²) in [6.07, 6.45) is -28.0. The molecule has 73 heavy (non-hydrogen) atoms. The van der Waals surface area contributed by atoms with Gasteiger partial charge in [-0.25, -0.2) is 0 Å². The SMILES string of the molecule is C[C@H]1CC[C@@]2(OC1)O[C@H]1C[C@H]3[C@@H]4CC[C@H]5C[C@@H](O[C@@H]6O[C@H](CO)[C@@H](O[C@@H]7O[C@H](CO)[C@H](O)[C@H](O)[C@H]7O)[C@H](O[C@@H]7OC[C@@H](O)[C@H](O)[C@H]7O)[C@H]6O[C@@H]6O[C@H](CO)[C@@H](O)[C@H](O)[C@H]6O)[C@H](O)C[C@]5(C)[C@H]4CC[C@]3(C)[C@H]1[C@@H]2C. The molecule has 0 unspecified atom stereocenters. The quantitative estimate of drug-likeness (QED) is 0.0902. The lowest BCUT2D eigenvalue weighted by Crippen LogP contribution is -2.69. The van der Waals surface area contributed by atoms with E-state index in [1.54, 1.807) is 0 Å². The Hall–Kier alpha value is -0.920. The molecule has 0 amide bonds. The highest BCUT2D eigenvalue weighted by Crippen LogP contribution is 2.71. The van der Waals surface area contributed by atoms with E-state index in [2.05, 4.69) is 27.7 Å². The summed E-state index contributed by atoms with van der Waals surface area (Å²) in [6.45, 7) is 6.97. The van der Waals surface area contributed by atoms with Gasteiger partial charge in [0.1, 0.15) is 91.6 Å². The minimum atomic E-state index is -2.00.